The number of hydrogen-bond donors (Lipinski definition) is 2. The molecule has 0 bridgehead atoms. The van der Waals surface area contributed by atoms with Gasteiger partial charge in [0.25, 0.3) is 0 Å². The van der Waals surface area contributed by atoms with Crippen molar-refractivity contribution in [1.29, 1.82) is 0 Å². The van der Waals surface area contributed by atoms with E-state index in [1.54, 1.807) is 0 Å². The largest absolute Gasteiger partial charge is 0.481 e. The van der Waals surface area contributed by atoms with Gasteiger partial charge < -0.3 is 20.1 Å². The van der Waals surface area contributed by atoms with Gasteiger partial charge in [-0.05, 0) is 0 Å². The number of methoxy groups -OCH3 is 1. The van der Waals surface area contributed by atoms with E-state index < -0.39 is 27.9 Å². The molecule has 0 fully saturated rings. The van der Waals surface area contributed by atoms with E-state index in [1.807, 2.05) is 0 Å². The number of hydrogen-bond acceptors (Lipinski definition) is 5. The highest BCUT2D eigenvalue weighted by atomic mass is 32.2. The maximum atomic E-state index is 11.6. The van der Waals surface area contributed by atoms with Crippen LogP contribution >= 0.6 is 0 Å². The van der Waals surface area contributed by atoms with Crippen molar-refractivity contribution < 1.29 is 27.9 Å². The molecule has 0 aliphatic heterocycles. The van der Waals surface area contributed by atoms with Crippen molar-refractivity contribution in [1.82, 2.24) is 10.2 Å². The highest BCUT2D eigenvalue weighted by molar-refractivity contribution is 7.90. The topological polar surface area (TPSA) is 113 Å². The molecule has 2 N–H and O–H groups in total. The Kier molecular flexibility index (Phi) is 7.38. The minimum absolute atomic E-state index is 0.0465. The van der Waals surface area contributed by atoms with E-state index in [9.17, 15) is 18.0 Å². The number of carbonyl (C=O) groups is 2. The van der Waals surface area contributed by atoms with Gasteiger partial charge >= 0.3 is 12.0 Å². The van der Waals surface area contributed by atoms with Crippen molar-refractivity contribution in [2.45, 2.75) is 12.5 Å². The first-order chi connectivity index (χ1) is 8.65. The molecule has 0 saturated carbocycles. The second-order valence-electron chi connectivity index (χ2n) is 4.19. The van der Waals surface area contributed by atoms with Crippen molar-refractivity contribution >= 4 is 21.8 Å². The summed E-state index contributed by atoms with van der Waals surface area (Å²) in [6.07, 6.45) is 0.251. The lowest BCUT2D eigenvalue weighted by Crippen LogP contribution is -2.43. The van der Waals surface area contributed by atoms with Crippen LogP contribution in [0.3, 0.4) is 0 Å². The molecule has 0 aliphatic rings. The summed E-state index contributed by atoms with van der Waals surface area (Å²) in [4.78, 5) is 23.3. The molecular formula is C10H20N2O6S. The fraction of sp³-hybridized carbons (Fsp3) is 0.800. The Labute approximate surface area is 112 Å². The van der Waals surface area contributed by atoms with Crippen molar-refractivity contribution in [3.8, 4) is 0 Å². The Morgan fingerprint density at radius 2 is 2.00 bits per heavy atom. The van der Waals surface area contributed by atoms with Crippen LogP contribution in [0.5, 0.6) is 0 Å². The van der Waals surface area contributed by atoms with Gasteiger partial charge in [0.15, 0.2) is 0 Å². The van der Waals surface area contributed by atoms with E-state index >= 15 is 0 Å². The first kappa shape index (κ1) is 17.6. The van der Waals surface area contributed by atoms with E-state index in [2.05, 4.69) is 5.32 Å². The van der Waals surface area contributed by atoms with Crippen molar-refractivity contribution in [2.24, 2.45) is 0 Å². The van der Waals surface area contributed by atoms with Crippen molar-refractivity contribution in [3.05, 3.63) is 0 Å². The fourth-order valence-corrected chi connectivity index (χ4v) is 1.78. The number of ether oxygens (including phenoxy) is 1. The number of aliphatic carboxylic acids is 1. The number of nitrogens with zero attached hydrogens (tertiary/aromatic N) is 1. The van der Waals surface area contributed by atoms with Gasteiger partial charge in [-0.1, -0.05) is 0 Å². The molecular weight excluding hydrogens is 276 g/mol. The molecule has 1 atom stereocenters. The third kappa shape index (κ3) is 9.25. The number of rotatable bonds is 8. The zero-order valence-electron chi connectivity index (χ0n) is 11.2. The first-order valence-electron chi connectivity index (χ1n) is 5.57. The standard InChI is InChI=1S/C10H20N2O6S/c1-12(4-5-19(3,16)17)10(15)11-7-8(18-2)6-9(13)14/h8H,4-7H2,1-3H3,(H,11,15)(H,13,14). The highest BCUT2D eigenvalue weighted by Crippen LogP contribution is 1.96. The van der Waals surface area contributed by atoms with Gasteiger partial charge in [-0.3, -0.25) is 4.79 Å². The van der Waals surface area contributed by atoms with E-state index in [0.717, 1.165) is 6.26 Å². The van der Waals surface area contributed by atoms with Crippen LogP contribution in [-0.4, -0.2) is 75.8 Å². The lowest BCUT2D eigenvalue weighted by atomic mass is 10.2. The van der Waals surface area contributed by atoms with Crippen LogP contribution in [0, 0.1) is 0 Å². The molecule has 0 aromatic rings. The second kappa shape index (κ2) is 7.95. The van der Waals surface area contributed by atoms with Gasteiger partial charge in [0.05, 0.1) is 18.3 Å². The molecule has 0 radical (unpaired) electrons. The molecule has 0 aliphatic carbocycles. The molecule has 0 aromatic carbocycles. The van der Waals surface area contributed by atoms with Gasteiger partial charge in [0.2, 0.25) is 0 Å². The Morgan fingerprint density at radius 3 is 2.42 bits per heavy atom. The van der Waals surface area contributed by atoms with E-state index in [4.69, 9.17) is 9.84 Å². The number of nitrogens with one attached hydrogen (secondary N) is 1. The summed E-state index contributed by atoms with van der Waals surface area (Å²) in [6, 6.07) is -0.476. The summed E-state index contributed by atoms with van der Waals surface area (Å²) in [5, 5.41) is 11.1. The Hall–Kier alpha value is -1.35. The average molecular weight is 296 g/mol. The van der Waals surface area contributed by atoms with Crippen LogP contribution in [-0.2, 0) is 19.4 Å². The van der Waals surface area contributed by atoms with Crippen LogP contribution in [0.2, 0.25) is 0 Å². The SMILES string of the molecule is COC(CNC(=O)N(C)CCS(C)(=O)=O)CC(=O)O. The zero-order valence-corrected chi connectivity index (χ0v) is 12.1. The Bertz CT molecular complexity index is 408. The van der Waals surface area contributed by atoms with Crippen LogP contribution in [0.25, 0.3) is 0 Å². The lowest BCUT2D eigenvalue weighted by molar-refractivity contribution is -0.139. The van der Waals surface area contributed by atoms with Gasteiger partial charge in [0.1, 0.15) is 9.84 Å². The maximum absolute atomic E-state index is 11.6. The highest BCUT2D eigenvalue weighted by Gasteiger charge is 2.16. The van der Waals surface area contributed by atoms with Crippen LogP contribution in [0.1, 0.15) is 6.42 Å². The van der Waals surface area contributed by atoms with Crippen LogP contribution in [0.15, 0.2) is 0 Å². The predicted molar refractivity (Wildman–Crippen MR) is 68.8 cm³/mol. The number of sulfone groups is 1. The van der Waals surface area contributed by atoms with Gasteiger partial charge in [-0.25, -0.2) is 13.2 Å². The maximum Gasteiger partial charge on any atom is 0.317 e. The summed E-state index contributed by atoms with van der Waals surface area (Å²) in [6.45, 7) is 0.117. The molecule has 2 amide bonds. The number of carbonyl (C=O) groups excluding carboxylic acids is 1. The minimum Gasteiger partial charge on any atom is -0.481 e. The first-order valence-corrected chi connectivity index (χ1v) is 7.63. The monoisotopic (exact) mass is 296 g/mol. The molecule has 112 valence electrons. The normalized spacial score (nSPS) is 12.8. The molecule has 19 heavy (non-hydrogen) atoms. The molecule has 9 heteroatoms. The fourth-order valence-electron chi connectivity index (χ4n) is 1.17. The second-order valence-corrected chi connectivity index (χ2v) is 6.45. The summed E-state index contributed by atoms with van der Waals surface area (Å²) >= 11 is 0. The van der Waals surface area contributed by atoms with Crippen molar-refractivity contribution in [3.63, 3.8) is 0 Å². The summed E-state index contributed by atoms with van der Waals surface area (Å²) < 4.78 is 26.8. The Morgan fingerprint density at radius 1 is 1.42 bits per heavy atom. The van der Waals surface area contributed by atoms with E-state index in [1.165, 1.54) is 19.1 Å². The average Bonchev–Trinajstić information content (AvgIpc) is 2.29. The summed E-state index contributed by atoms with van der Waals surface area (Å²) in [5.41, 5.74) is 0. The van der Waals surface area contributed by atoms with Crippen LogP contribution in [0.4, 0.5) is 4.79 Å². The molecule has 0 aromatic heterocycles. The molecule has 1 unspecified atom stereocenters. The van der Waals surface area contributed by atoms with Gasteiger partial charge in [0, 0.05) is 33.5 Å². The lowest BCUT2D eigenvalue weighted by Gasteiger charge is -2.19. The van der Waals surface area contributed by atoms with Crippen LogP contribution < -0.4 is 5.32 Å². The minimum atomic E-state index is -3.13. The summed E-state index contributed by atoms with van der Waals surface area (Å²) in [5.74, 6) is -1.15. The van der Waals surface area contributed by atoms with Gasteiger partial charge in [-0.15, -0.1) is 0 Å². The van der Waals surface area contributed by atoms with Gasteiger partial charge in [-0.2, -0.15) is 0 Å². The number of carboxylic acids is 1. The zero-order chi connectivity index (χ0) is 15.1. The predicted octanol–water partition coefficient (Wildman–Crippen LogP) is -0.838. The van der Waals surface area contributed by atoms with E-state index in [0.29, 0.717) is 0 Å². The van der Waals surface area contributed by atoms with Crippen molar-refractivity contribution in [2.75, 3.05) is 39.3 Å². The number of amides is 2. The van der Waals surface area contributed by atoms with E-state index in [-0.39, 0.29) is 25.3 Å². The molecule has 8 nitrogen and oxygen atoms in total. The summed E-state index contributed by atoms with van der Waals surface area (Å²) in [7, 11) is -0.316. The third-order valence-corrected chi connectivity index (χ3v) is 3.28. The molecule has 0 rings (SSSR count). The number of carboxylic acid groups (broad SMARTS) is 1. The smallest absolute Gasteiger partial charge is 0.317 e. The number of urea groups is 1. The Balaban J connectivity index is 4.11. The molecule has 0 heterocycles. The molecule has 0 spiro atoms. The quantitative estimate of drug-likeness (QED) is 0.604. The third-order valence-electron chi connectivity index (χ3n) is 2.36. The molecule has 0 saturated heterocycles.